The summed E-state index contributed by atoms with van der Waals surface area (Å²) in [5.41, 5.74) is 0.383. The van der Waals surface area contributed by atoms with Gasteiger partial charge in [-0.25, -0.2) is 4.79 Å². The molecule has 1 aromatic carbocycles. The second kappa shape index (κ2) is 5.93. The predicted molar refractivity (Wildman–Crippen MR) is 68.2 cm³/mol. The maximum atomic E-state index is 11.7. The van der Waals surface area contributed by atoms with Crippen LogP contribution in [0.15, 0.2) is 12.1 Å². The van der Waals surface area contributed by atoms with Crippen molar-refractivity contribution in [3.63, 3.8) is 0 Å². The minimum absolute atomic E-state index is 0.329. The van der Waals surface area contributed by atoms with E-state index in [1.54, 1.807) is 26.2 Å². The van der Waals surface area contributed by atoms with Crippen LogP contribution in [0.1, 0.15) is 17.3 Å². The summed E-state index contributed by atoms with van der Waals surface area (Å²) in [5.74, 6) is 0.712. The van der Waals surface area contributed by atoms with Gasteiger partial charge in [-0.3, -0.25) is 0 Å². The summed E-state index contributed by atoms with van der Waals surface area (Å²) in [5, 5.41) is 0. The first kappa shape index (κ1) is 13.1. The third kappa shape index (κ3) is 2.78. The molecule has 0 radical (unpaired) electrons. The summed E-state index contributed by atoms with van der Waals surface area (Å²) in [6.07, 6.45) is 0. The molecule has 1 aromatic rings. The first-order valence-corrected chi connectivity index (χ1v) is 5.80. The summed E-state index contributed by atoms with van der Waals surface area (Å²) >= 11 is 2.08. The van der Waals surface area contributed by atoms with Gasteiger partial charge in [-0.1, -0.05) is 0 Å². The number of carbonyl (C=O) groups excluding carboxylic acids is 1. The minimum Gasteiger partial charge on any atom is -0.497 e. The van der Waals surface area contributed by atoms with Gasteiger partial charge in [0.2, 0.25) is 0 Å². The first-order valence-electron chi connectivity index (χ1n) is 4.72. The van der Waals surface area contributed by atoms with Crippen LogP contribution in [0.25, 0.3) is 0 Å². The summed E-state index contributed by atoms with van der Waals surface area (Å²) in [7, 11) is 3.07. The Morgan fingerprint density at radius 2 is 2.00 bits per heavy atom. The van der Waals surface area contributed by atoms with Crippen LogP contribution in [0.4, 0.5) is 0 Å². The molecule has 0 spiro atoms. The second-order valence-electron chi connectivity index (χ2n) is 2.91. The van der Waals surface area contributed by atoms with E-state index in [1.165, 1.54) is 7.11 Å². The Morgan fingerprint density at radius 1 is 1.31 bits per heavy atom. The van der Waals surface area contributed by atoms with Gasteiger partial charge in [0.05, 0.1) is 24.4 Å². The van der Waals surface area contributed by atoms with E-state index in [9.17, 15) is 4.79 Å². The Morgan fingerprint density at radius 3 is 2.50 bits per heavy atom. The molecule has 0 bridgehead atoms. The van der Waals surface area contributed by atoms with E-state index in [1.807, 2.05) is 0 Å². The van der Waals surface area contributed by atoms with E-state index >= 15 is 0 Å². The van der Waals surface area contributed by atoms with Crippen molar-refractivity contribution in [1.29, 1.82) is 0 Å². The van der Waals surface area contributed by atoms with E-state index in [2.05, 4.69) is 22.6 Å². The molecule has 0 atom stereocenters. The van der Waals surface area contributed by atoms with Crippen molar-refractivity contribution < 1.29 is 19.0 Å². The van der Waals surface area contributed by atoms with Crippen LogP contribution >= 0.6 is 22.6 Å². The highest BCUT2D eigenvalue weighted by molar-refractivity contribution is 14.1. The molecule has 0 unspecified atom stereocenters. The number of methoxy groups -OCH3 is 2. The van der Waals surface area contributed by atoms with Gasteiger partial charge in [0.25, 0.3) is 0 Å². The van der Waals surface area contributed by atoms with Crippen molar-refractivity contribution >= 4 is 28.6 Å². The second-order valence-corrected chi connectivity index (χ2v) is 4.07. The SMILES string of the molecule is CCOC(=O)c1cc(OC)cc(I)c1OC. The van der Waals surface area contributed by atoms with Crippen molar-refractivity contribution in [3.05, 3.63) is 21.3 Å². The van der Waals surface area contributed by atoms with Gasteiger partial charge in [0.1, 0.15) is 17.1 Å². The monoisotopic (exact) mass is 336 g/mol. The summed E-state index contributed by atoms with van der Waals surface area (Å²) in [6, 6.07) is 3.40. The molecule has 0 heterocycles. The quantitative estimate of drug-likeness (QED) is 0.626. The molecule has 0 amide bonds. The van der Waals surface area contributed by atoms with E-state index in [0.717, 1.165) is 3.57 Å². The van der Waals surface area contributed by atoms with Crippen LogP contribution in [0.3, 0.4) is 0 Å². The molecule has 1 rings (SSSR count). The van der Waals surface area contributed by atoms with Crippen LogP contribution < -0.4 is 9.47 Å². The number of ether oxygens (including phenoxy) is 3. The molecule has 0 aromatic heterocycles. The fourth-order valence-electron chi connectivity index (χ4n) is 1.25. The molecule has 4 nitrogen and oxygen atoms in total. The number of rotatable bonds is 4. The largest absolute Gasteiger partial charge is 0.497 e. The van der Waals surface area contributed by atoms with Crippen LogP contribution in [0.2, 0.25) is 0 Å². The van der Waals surface area contributed by atoms with Gasteiger partial charge in [-0.05, 0) is 41.6 Å². The molecule has 0 fully saturated rings. The number of esters is 1. The predicted octanol–water partition coefficient (Wildman–Crippen LogP) is 2.49. The number of hydrogen-bond acceptors (Lipinski definition) is 4. The Kier molecular flexibility index (Phi) is 4.85. The Labute approximate surface area is 108 Å². The fraction of sp³-hybridized carbons (Fsp3) is 0.364. The van der Waals surface area contributed by atoms with E-state index in [4.69, 9.17) is 14.2 Å². The van der Waals surface area contributed by atoms with Crippen LogP contribution in [-0.2, 0) is 4.74 Å². The van der Waals surface area contributed by atoms with Crippen LogP contribution in [0.5, 0.6) is 11.5 Å². The zero-order chi connectivity index (χ0) is 12.1. The Bertz CT molecular complexity index is 390. The molecule has 0 aliphatic rings. The van der Waals surface area contributed by atoms with E-state index < -0.39 is 5.97 Å². The molecule has 0 saturated carbocycles. The maximum absolute atomic E-state index is 11.7. The van der Waals surface area contributed by atoms with Crippen molar-refractivity contribution in [3.8, 4) is 11.5 Å². The number of halogens is 1. The van der Waals surface area contributed by atoms with Gasteiger partial charge in [0, 0.05) is 0 Å². The average molecular weight is 336 g/mol. The van der Waals surface area contributed by atoms with Gasteiger partial charge in [-0.15, -0.1) is 0 Å². The standard InChI is InChI=1S/C11H13IO4/c1-4-16-11(13)8-5-7(14-2)6-9(12)10(8)15-3/h5-6H,4H2,1-3H3. The number of carbonyl (C=O) groups is 1. The van der Waals surface area contributed by atoms with E-state index in [0.29, 0.717) is 23.7 Å². The minimum atomic E-state index is -0.406. The van der Waals surface area contributed by atoms with Crippen LogP contribution in [0, 0.1) is 3.57 Å². The first-order chi connectivity index (χ1) is 7.63. The average Bonchev–Trinajstić information content (AvgIpc) is 2.28. The maximum Gasteiger partial charge on any atom is 0.342 e. The highest BCUT2D eigenvalue weighted by atomic mass is 127. The molecule has 0 N–H and O–H groups in total. The van der Waals surface area contributed by atoms with E-state index in [-0.39, 0.29) is 0 Å². The third-order valence-corrected chi connectivity index (χ3v) is 2.75. The lowest BCUT2D eigenvalue weighted by atomic mass is 10.2. The lowest BCUT2D eigenvalue weighted by Gasteiger charge is -2.11. The summed E-state index contributed by atoms with van der Waals surface area (Å²) in [4.78, 5) is 11.7. The zero-order valence-electron chi connectivity index (χ0n) is 9.37. The van der Waals surface area contributed by atoms with Gasteiger partial charge in [0.15, 0.2) is 0 Å². The highest BCUT2D eigenvalue weighted by Crippen LogP contribution is 2.31. The molecule has 0 aliphatic carbocycles. The molecule has 16 heavy (non-hydrogen) atoms. The molecule has 0 aliphatic heterocycles. The number of hydrogen-bond donors (Lipinski definition) is 0. The molecule has 88 valence electrons. The van der Waals surface area contributed by atoms with Gasteiger partial charge < -0.3 is 14.2 Å². The van der Waals surface area contributed by atoms with Crippen molar-refractivity contribution in [2.75, 3.05) is 20.8 Å². The fourth-order valence-corrected chi connectivity index (χ4v) is 2.07. The van der Waals surface area contributed by atoms with Crippen LogP contribution in [-0.4, -0.2) is 26.8 Å². The summed E-state index contributed by atoms with van der Waals surface area (Å²) < 4.78 is 16.0. The smallest absolute Gasteiger partial charge is 0.342 e. The third-order valence-electron chi connectivity index (χ3n) is 1.95. The summed E-state index contributed by atoms with van der Waals surface area (Å²) in [6.45, 7) is 2.09. The molecule has 0 saturated heterocycles. The van der Waals surface area contributed by atoms with Gasteiger partial charge in [-0.2, -0.15) is 0 Å². The zero-order valence-corrected chi connectivity index (χ0v) is 11.5. The topological polar surface area (TPSA) is 44.8 Å². The Balaban J connectivity index is 3.22. The number of benzene rings is 1. The lowest BCUT2D eigenvalue weighted by molar-refractivity contribution is 0.0522. The molecular formula is C11H13IO4. The van der Waals surface area contributed by atoms with Crippen molar-refractivity contribution in [1.82, 2.24) is 0 Å². The van der Waals surface area contributed by atoms with Crippen molar-refractivity contribution in [2.45, 2.75) is 6.92 Å². The normalized spacial score (nSPS) is 9.75. The molecule has 5 heteroatoms. The van der Waals surface area contributed by atoms with Crippen molar-refractivity contribution in [2.24, 2.45) is 0 Å². The van der Waals surface area contributed by atoms with Gasteiger partial charge >= 0.3 is 5.97 Å². The molecular weight excluding hydrogens is 323 g/mol. The lowest BCUT2D eigenvalue weighted by Crippen LogP contribution is -2.08. The highest BCUT2D eigenvalue weighted by Gasteiger charge is 2.17. The Hall–Kier alpha value is -0.980.